The standard InChI is InChI=1S/C19H21BrN2O3S2/c20-12-3-6-15(16(7-12)26-14-9-25-10-14)17-8-21-18(27-17)11-1-4-13(5-2-11)22-19(23)24/h3,6-8,11,13-14,22H,1-2,4-5,9-10H2,(H,23,24). The number of hydrogen-bond acceptors (Lipinski definition) is 5. The Morgan fingerprint density at radius 1 is 1.30 bits per heavy atom. The van der Waals surface area contributed by atoms with Gasteiger partial charge in [0.05, 0.1) is 28.3 Å². The molecule has 1 saturated heterocycles. The van der Waals surface area contributed by atoms with Crippen molar-refractivity contribution < 1.29 is 14.6 Å². The lowest BCUT2D eigenvalue weighted by Gasteiger charge is -2.27. The topological polar surface area (TPSA) is 71.5 Å². The Labute approximate surface area is 175 Å². The smallest absolute Gasteiger partial charge is 0.404 e. The predicted molar refractivity (Wildman–Crippen MR) is 112 cm³/mol. The molecule has 0 atom stereocenters. The zero-order chi connectivity index (χ0) is 18.8. The molecule has 1 aromatic heterocycles. The molecule has 144 valence electrons. The van der Waals surface area contributed by atoms with Gasteiger partial charge in [-0.25, -0.2) is 9.78 Å². The Kier molecular flexibility index (Phi) is 6.06. The highest BCUT2D eigenvalue weighted by molar-refractivity contribution is 9.10. The van der Waals surface area contributed by atoms with Crippen LogP contribution in [0.1, 0.15) is 36.6 Å². The van der Waals surface area contributed by atoms with Gasteiger partial charge in [0, 0.05) is 33.1 Å². The number of rotatable bonds is 5. The van der Waals surface area contributed by atoms with Crippen LogP contribution >= 0.6 is 39.0 Å². The first kappa shape index (κ1) is 19.2. The van der Waals surface area contributed by atoms with Crippen molar-refractivity contribution in [1.82, 2.24) is 10.3 Å². The Hall–Kier alpha value is -1.09. The highest BCUT2D eigenvalue weighted by Gasteiger charge is 2.26. The van der Waals surface area contributed by atoms with Gasteiger partial charge < -0.3 is 15.2 Å². The minimum absolute atomic E-state index is 0.0809. The fourth-order valence-electron chi connectivity index (χ4n) is 3.52. The van der Waals surface area contributed by atoms with E-state index in [1.54, 1.807) is 11.3 Å². The maximum atomic E-state index is 10.8. The second-order valence-corrected chi connectivity index (χ2v) is 10.3. The Morgan fingerprint density at radius 2 is 2.07 bits per heavy atom. The summed E-state index contributed by atoms with van der Waals surface area (Å²) in [7, 11) is 0. The normalized spacial score (nSPS) is 23.0. The fourth-order valence-corrected chi connectivity index (χ4v) is 6.41. The Balaban J connectivity index is 1.47. The van der Waals surface area contributed by atoms with Crippen molar-refractivity contribution in [3.8, 4) is 10.4 Å². The van der Waals surface area contributed by atoms with E-state index in [4.69, 9.17) is 14.8 Å². The van der Waals surface area contributed by atoms with Crippen LogP contribution in [0.5, 0.6) is 0 Å². The van der Waals surface area contributed by atoms with Crippen LogP contribution in [0.4, 0.5) is 4.79 Å². The summed E-state index contributed by atoms with van der Waals surface area (Å²) in [6.07, 6.45) is 4.80. The van der Waals surface area contributed by atoms with Gasteiger partial charge in [-0.2, -0.15) is 0 Å². The molecular weight excluding hydrogens is 448 g/mol. The average Bonchev–Trinajstić information content (AvgIpc) is 3.08. The third kappa shape index (κ3) is 4.67. The van der Waals surface area contributed by atoms with Gasteiger partial charge in [0.1, 0.15) is 0 Å². The molecule has 0 unspecified atom stereocenters. The molecule has 2 aromatic rings. The fraction of sp³-hybridized carbons (Fsp3) is 0.474. The molecule has 1 amide bonds. The molecule has 5 nitrogen and oxygen atoms in total. The van der Waals surface area contributed by atoms with Gasteiger partial charge in [0.25, 0.3) is 0 Å². The van der Waals surface area contributed by atoms with E-state index in [0.29, 0.717) is 11.2 Å². The highest BCUT2D eigenvalue weighted by Crippen LogP contribution is 2.42. The van der Waals surface area contributed by atoms with Gasteiger partial charge in [-0.3, -0.25) is 0 Å². The van der Waals surface area contributed by atoms with Crippen LogP contribution < -0.4 is 5.32 Å². The van der Waals surface area contributed by atoms with Crippen LogP contribution in [0.15, 0.2) is 33.8 Å². The van der Waals surface area contributed by atoms with E-state index in [0.717, 1.165) is 43.4 Å². The van der Waals surface area contributed by atoms with Gasteiger partial charge in [0.2, 0.25) is 0 Å². The lowest BCUT2D eigenvalue weighted by Crippen LogP contribution is -2.36. The lowest BCUT2D eigenvalue weighted by atomic mass is 9.86. The van der Waals surface area contributed by atoms with Gasteiger partial charge in [0.15, 0.2) is 0 Å². The summed E-state index contributed by atoms with van der Waals surface area (Å²) in [4.78, 5) is 18.0. The summed E-state index contributed by atoms with van der Waals surface area (Å²) < 4.78 is 6.40. The molecule has 1 aromatic carbocycles. The average molecular weight is 469 g/mol. The maximum absolute atomic E-state index is 10.8. The minimum atomic E-state index is -0.924. The largest absolute Gasteiger partial charge is 0.465 e. The molecule has 2 aliphatic rings. The summed E-state index contributed by atoms with van der Waals surface area (Å²) in [6.45, 7) is 1.64. The number of halogens is 1. The molecule has 4 rings (SSSR count). The molecule has 1 saturated carbocycles. The van der Waals surface area contributed by atoms with Gasteiger partial charge in [-0.1, -0.05) is 22.0 Å². The maximum Gasteiger partial charge on any atom is 0.404 e. The molecule has 8 heteroatoms. The minimum Gasteiger partial charge on any atom is -0.465 e. The van der Waals surface area contributed by atoms with Crippen molar-refractivity contribution in [2.45, 2.75) is 47.8 Å². The number of amides is 1. The summed E-state index contributed by atoms with van der Waals surface area (Å²) in [5.41, 5.74) is 1.24. The van der Waals surface area contributed by atoms with Crippen LogP contribution in [0.25, 0.3) is 10.4 Å². The Morgan fingerprint density at radius 3 is 2.74 bits per heavy atom. The molecule has 1 aliphatic carbocycles. The summed E-state index contributed by atoms with van der Waals surface area (Å²) >= 11 is 7.23. The highest BCUT2D eigenvalue weighted by atomic mass is 79.9. The zero-order valence-corrected chi connectivity index (χ0v) is 17.9. The number of carboxylic acid groups (broad SMARTS) is 1. The van der Waals surface area contributed by atoms with Crippen molar-refractivity contribution in [3.05, 3.63) is 33.9 Å². The summed E-state index contributed by atoms with van der Waals surface area (Å²) in [5.74, 6) is 0.433. The number of carbonyl (C=O) groups is 1. The van der Waals surface area contributed by atoms with Gasteiger partial charge >= 0.3 is 6.09 Å². The number of hydrogen-bond donors (Lipinski definition) is 2. The monoisotopic (exact) mass is 468 g/mol. The van der Waals surface area contributed by atoms with E-state index >= 15 is 0 Å². The number of benzene rings is 1. The van der Waals surface area contributed by atoms with Crippen molar-refractivity contribution in [2.24, 2.45) is 0 Å². The van der Waals surface area contributed by atoms with Crippen LogP contribution in [0.2, 0.25) is 0 Å². The van der Waals surface area contributed by atoms with Crippen LogP contribution in [-0.4, -0.2) is 40.7 Å². The quantitative estimate of drug-likeness (QED) is 0.617. The molecular formula is C19H21BrN2O3S2. The number of aromatic nitrogens is 1. The van der Waals surface area contributed by atoms with Crippen molar-refractivity contribution in [1.29, 1.82) is 0 Å². The third-order valence-electron chi connectivity index (χ3n) is 5.04. The van der Waals surface area contributed by atoms with Crippen LogP contribution in [0.3, 0.4) is 0 Å². The molecule has 0 bridgehead atoms. The van der Waals surface area contributed by atoms with Crippen molar-refractivity contribution >= 4 is 45.1 Å². The number of thioether (sulfide) groups is 1. The van der Waals surface area contributed by atoms with Crippen LogP contribution in [0, 0.1) is 0 Å². The number of ether oxygens (including phenoxy) is 1. The van der Waals surface area contributed by atoms with E-state index in [2.05, 4.69) is 39.4 Å². The second-order valence-electron chi connectivity index (χ2n) is 6.98. The molecule has 0 spiro atoms. The van der Waals surface area contributed by atoms with E-state index in [9.17, 15) is 4.79 Å². The molecule has 2 heterocycles. The summed E-state index contributed by atoms with van der Waals surface area (Å²) in [5, 5.41) is 13.2. The van der Waals surface area contributed by atoms with Crippen LogP contribution in [-0.2, 0) is 4.74 Å². The first-order valence-electron chi connectivity index (χ1n) is 9.08. The second kappa shape index (κ2) is 8.51. The third-order valence-corrected chi connectivity index (χ3v) is 7.92. The molecule has 2 N–H and O–H groups in total. The predicted octanol–water partition coefficient (Wildman–Crippen LogP) is 5.36. The molecule has 0 radical (unpaired) electrons. The zero-order valence-electron chi connectivity index (χ0n) is 14.7. The van der Waals surface area contributed by atoms with Gasteiger partial charge in [-0.15, -0.1) is 23.1 Å². The molecule has 1 aliphatic heterocycles. The molecule has 2 fully saturated rings. The molecule has 27 heavy (non-hydrogen) atoms. The number of thiazole rings is 1. The van der Waals surface area contributed by atoms with E-state index in [1.807, 2.05) is 18.0 Å². The lowest BCUT2D eigenvalue weighted by molar-refractivity contribution is 0.0455. The van der Waals surface area contributed by atoms with Crippen molar-refractivity contribution in [2.75, 3.05) is 13.2 Å². The first-order valence-corrected chi connectivity index (χ1v) is 11.6. The SMILES string of the molecule is O=C(O)NC1CCC(c2ncc(-c3ccc(Br)cc3SC3COC3)s2)CC1. The first-order chi connectivity index (χ1) is 13.1. The summed E-state index contributed by atoms with van der Waals surface area (Å²) in [6, 6.07) is 6.51. The van der Waals surface area contributed by atoms with E-state index in [-0.39, 0.29) is 6.04 Å². The number of nitrogens with one attached hydrogen (secondary N) is 1. The van der Waals surface area contributed by atoms with E-state index < -0.39 is 6.09 Å². The van der Waals surface area contributed by atoms with Gasteiger partial charge in [-0.05, 0) is 37.8 Å². The van der Waals surface area contributed by atoms with E-state index in [1.165, 1.54) is 20.3 Å². The van der Waals surface area contributed by atoms with Crippen molar-refractivity contribution in [3.63, 3.8) is 0 Å². The Bertz CT molecular complexity index is 817. The number of nitrogens with zero attached hydrogens (tertiary/aromatic N) is 1.